The number of piperazine rings is 1. The number of anilines is 1. The van der Waals surface area contributed by atoms with E-state index in [0.717, 1.165) is 73.5 Å². The van der Waals surface area contributed by atoms with Gasteiger partial charge in [0, 0.05) is 81.9 Å². The minimum atomic E-state index is -0.940. The van der Waals surface area contributed by atoms with E-state index in [0.29, 0.717) is 51.6 Å². The molecular formula is C35H49N7O4. The smallest absolute Gasteiger partial charge is 0.410 e. The van der Waals surface area contributed by atoms with Crippen molar-refractivity contribution >= 4 is 23.7 Å². The molecule has 2 aromatic rings. The first-order valence-electron chi connectivity index (χ1n) is 17.0. The van der Waals surface area contributed by atoms with Crippen LogP contribution < -0.4 is 5.32 Å². The van der Waals surface area contributed by atoms with Crippen LogP contribution in [0.15, 0.2) is 36.5 Å². The number of hydrogen-bond acceptors (Lipinski definition) is 7. The van der Waals surface area contributed by atoms with Crippen LogP contribution >= 0.6 is 0 Å². The number of carbonyl (C=O) groups is 3. The summed E-state index contributed by atoms with van der Waals surface area (Å²) in [6.07, 6.45) is 5.08. The Kier molecular flexibility index (Phi) is 10.1. The first kappa shape index (κ1) is 32.2. The number of aromatic nitrogens is 1. The number of amides is 4. The summed E-state index contributed by atoms with van der Waals surface area (Å²) in [5.74, 6) is -0.146. The number of benzene rings is 1. The highest BCUT2D eigenvalue weighted by Gasteiger charge is 2.36. The highest BCUT2D eigenvalue weighted by atomic mass is 16.6. The van der Waals surface area contributed by atoms with Crippen LogP contribution in [0.3, 0.4) is 0 Å². The van der Waals surface area contributed by atoms with E-state index in [2.05, 4.69) is 33.2 Å². The third-order valence-corrected chi connectivity index (χ3v) is 10.5. The van der Waals surface area contributed by atoms with E-state index in [1.54, 1.807) is 4.90 Å². The number of hydrogen-bond donors (Lipinski definition) is 1. The van der Waals surface area contributed by atoms with E-state index >= 15 is 0 Å². The molecule has 0 bridgehead atoms. The van der Waals surface area contributed by atoms with Crippen LogP contribution in [0.4, 0.5) is 15.3 Å². The molecule has 0 spiro atoms. The molecule has 46 heavy (non-hydrogen) atoms. The molecule has 1 aromatic heterocycles. The first-order chi connectivity index (χ1) is 22.2. The van der Waals surface area contributed by atoms with Gasteiger partial charge in [-0.25, -0.2) is 9.59 Å². The number of pyridine rings is 1. The summed E-state index contributed by atoms with van der Waals surface area (Å²) in [7, 11) is 2.17. The number of nitrogens with one attached hydrogen (secondary N) is 1. The summed E-state index contributed by atoms with van der Waals surface area (Å²) >= 11 is 0. The third-order valence-electron chi connectivity index (χ3n) is 10.5. The molecule has 6 rings (SSSR count). The van der Waals surface area contributed by atoms with Gasteiger partial charge in [-0.05, 0) is 94.9 Å². The average molecular weight is 632 g/mol. The quantitative estimate of drug-likeness (QED) is 0.521. The normalized spacial score (nSPS) is 21.4. The van der Waals surface area contributed by atoms with Gasteiger partial charge >= 0.3 is 12.1 Å². The van der Waals surface area contributed by atoms with Crippen molar-refractivity contribution in [2.75, 3.05) is 71.3 Å². The van der Waals surface area contributed by atoms with Crippen molar-refractivity contribution < 1.29 is 19.1 Å². The zero-order chi connectivity index (χ0) is 32.2. The second-order valence-electron chi connectivity index (χ2n) is 13.5. The number of carbonyl (C=O) groups excluding carboxylic acids is 3. The van der Waals surface area contributed by atoms with Crippen LogP contribution in [-0.4, -0.2) is 132 Å². The lowest BCUT2D eigenvalue weighted by molar-refractivity contribution is -0.143. The van der Waals surface area contributed by atoms with Crippen molar-refractivity contribution in [1.29, 1.82) is 0 Å². The molecule has 0 saturated carbocycles. The van der Waals surface area contributed by atoms with E-state index < -0.39 is 12.2 Å². The number of likely N-dealkylation sites (tertiary alicyclic amines) is 2. The maximum atomic E-state index is 13.9. The van der Waals surface area contributed by atoms with Crippen molar-refractivity contribution in [3.8, 4) is 0 Å². The summed E-state index contributed by atoms with van der Waals surface area (Å²) in [6, 6.07) is 10.4. The van der Waals surface area contributed by atoms with Crippen molar-refractivity contribution in [1.82, 2.24) is 29.5 Å². The van der Waals surface area contributed by atoms with Crippen molar-refractivity contribution in [2.24, 2.45) is 0 Å². The van der Waals surface area contributed by atoms with Gasteiger partial charge in [0.05, 0.1) is 0 Å². The van der Waals surface area contributed by atoms with Crippen molar-refractivity contribution in [2.45, 2.75) is 70.6 Å². The lowest BCUT2D eigenvalue weighted by atomic mass is 10.0. The highest BCUT2D eigenvalue weighted by Crippen LogP contribution is 2.25. The molecule has 3 fully saturated rings. The zero-order valence-electron chi connectivity index (χ0n) is 27.6. The number of ether oxygens (including phenoxy) is 1. The van der Waals surface area contributed by atoms with Crippen LogP contribution in [-0.2, 0) is 22.4 Å². The number of rotatable bonds is 6. The van der Waals surface area contributed by atoms with E-state index in [1.807, 2.05) is 54.1 Å². The van der Waals surface area contributed by atoms with Crippen molar-refractivity contribution in [3.05, 3.63) is 58.9 Å². The molecule has 0 radical (unpaired) electrons. The predicted molar refractivity (Wildman–Crippen MR) is 177 cm³/mol. The molecule has 4 aliphatic heterocycles. The second kappa shape index (κ2) is 14.4. The molecule has 248 valence electrons. The first-order valence-corrected chi connectivity index (χ1v) is 17.0. The van der Waals surface area contributed by atoms with Gasteiger partial charge in [0.25, 0.3) is 5.91 Å². The van der Waals surface area contributed by atoms with Crippen LogP contribution in [0.25, 0.3) is 0 Å². The van der Waals surface area contributed by atoms with E-state index in [1.165, 1.54) is 0 Å². The second-order valence-corrected chi connectivity index (χ2v) is 13.5. The van der Waals surface area contributed by atoms with Crippen LogP contribution in [0.5, 0.6) is 0 Å². The summed E-state index contributed by atoms with van der Waals surface area (Å²) < 4.78 is 6.04. The topological polar surface area (TPSA) is 102 Å². The van der Waals surface area contributed by atoms with Crippen molar-refractivity contribution in [3.63, 3.8) is 0 Å². The van der Waals surface area contributed by atoms with Crippen LogP contribution in [0.1, 0.15) is 48.1 Å². The number of fused-ring (bicyclic) bond motifs is 1. The van der Waals surface area contributed by atoms with Gasteiger partial charge in [0.15, 0.2) is 6.10 Å². The third kappa shape index (κ3) is 7.47. The van der Waals surface area contributed by atoms with Gasteiger partial charge in [-0.15, -0.1) is 0 Å². The Morgan fingerprint density at radius 2 is 1.59 bits per heavy atom. The molecule has 1 N–H and O–H groups in total. The Balaban J connectivity index is 1.07. The lowest BCUT2D eigenvalue weighted by Crippen LogP contribution is -2.56. The summed E-state index contributed by atoms with van der Waals surface area (Å²) in [5.41, 5.74) is 4.92. The molecule has 1 unspecified atom stereocenters. The Morgan fingerprint density at radius 1 is 0.891 bits per heavy atom. The number of aryl methyl sites for hydroxylation is 2. The Hall–Kier alpha value is -3.70. The van der Waals surface area contributed by atoms with Crippen LogP contribution in [0.2, 0.25) is 0 Å². The molecule has 11 nitrogen and oxygen atoms in total. The van der Waals surface area contributed by atoms with E-state index in [-0.39, 0.29) is 24.4 Å². The molecule has 1 atom stereocenters. The fourth-order valence-corrected chi connectivity index (χ4v) is 7.33. The van der Waals surface area contributed by atoms with Gasteiger partial charge in [-0.1, -0.05) is 18.2 Å². The minimum Gasteiger partial charge on any atom is -0.436 e. The molecule has 11 heteroatoms. The molecule has 5 heterocycles. The predicted octanol–water partition coefficient (Wildman–Crippen LogP) is 3.54. The fraction of sp³-hybridized carbons (Fsp3) is 0.600. The number of nitrogens with zero attached hydrogens (tertiary/aromatic N) is 6. The Morgan fingerprint density at radius 3 is 2.30 bits per heavy atom. The monoisotopic (exact) mass is 631 g/mol. The van der Waals surface area contributed by atoms with Gasteiger partial charge in [0.1, 0.15) is 0 Å². The van der Waals surface area contributed by atoms with Gasteiger partial charge < -0.3 is 29.7 Å². The molecule has 4 amide bonds. The number of piperidine rings is 2. The van der Waals surface area contributed by atoms with Gasteiger partial charge in [0.2, 0.25) is 0 Å². The average Bonchev–Trinajstić information content (AvgIpc) is 3.24. The maximum Gasteiger partial charge on any atom is 0.410 e. The Labute approximate surface area is 272 Å². The molecule has 0 aliphatic carbocycles. The number of para-hydroxylation sites is 1. The van der Waals surface area contributed by atoms with Gasteiger partial charge in [-0.2, -0.15) is 0 Å². The molecule has 3 saturated heterocycles. The summed E-state index contributed by atoms with van der Waals surface area (Å²) in [5, 5.41) is 3.06. The van der Waals surface area contributed by atoms with E-state index in [9.17, 15) is 14.4 Å². The molecule has 1 aromatic carbocycles. The standard InChI is InChI=1S/C35H49N7O4/c1-25-22-28(36-24-26(25)2)23-32(33(43)40-20-18-39(19-21-40)29-9-13-38(3)14-10-29)46-35(45)41-15-11-30(12-16-41)42-17-8-27-6-4-5-7-31(27)37-34(42)44/h4-7,22,24,29-30,32H,8-21,23H2,1-3H3,(H,37,44). The van der Waals surface area contributed by atoms with Crippen LogP contribution in [0, 0.1) is 13.8 Å². The molecular weight excluding hydrogens is 582 g/mol. The highest BCUT2D eigenvalue weighted by molar-refractivity contribution is 5.91. The van der Waals surface area contributed by atoms with Gasteiger partial charge in [-0.3, -0.25) is 14.7 Å². The SMILES string of the molecule is Cc1cnc(CC(OC(=O)N2CCC(N3CCc4ccccc4NC3=O)CC2)C(=O)N2CCN(C3CCN(C)CC3)CC2)cc1C. The number of urea groups is 1. The summed E-state index contributed by atoms with van der Waals surface area (Å²) in [4.78, 5) is 55.5. The fourth-order valence-electron chi connectivity index (χ4n) is 7.33. The minimum absolute atomic E-state index is 0.0383. The lowest BCUT2D eigenvalue weighted by Gasteiger charge is -2.42. The van der Waals surface area contributed by atoms with E-state index in [4.69, 9.17) is 4.74 Å². The largest absolute Gasteiger partial charge is 0.436 e. The Bertz CT molecular complexity index is 1400. The summed E-state index contributed by atoms with van der Waals surface area (Å²) in [6.45, 7) is 10.8. The zero-order valence-corrected chi connectivity index (χ0v) is 27.6. The maximum absolute atomic E-state index is 13.9. The molecule has 4 aliphatic rings.